The molecule has 1 saturated carbocycles. The maximum Gasteiger partial charge on any atom is 0.221 e. The molecular formula is C17H30N2O2. The van der Waals surface area contributed by atoms with Gasteiger partial charge in [0, 0.05) is 24.7 Å². The fraction of sp³-hybridized carbons (Fsp3) is 0.941. The van der Waals surface area contributed by atoms with E-state index < -0.39 is 11.0 Å². The Hall–Kier alpha value is -1.11. The molecule has 2 atom stereocenters. The van der Waals surface area contributed by atoms with Gasteiger partial charge >= 0.3 is 0 Å². The molecule has 2 unspecified atom stereocenters. The molecule has 4 nitrogen and oxygen atoms in total. The maximum atomic E-state index is 11.5. The Morgan fingerprint density at radius 2 is 1.33 bits per heavy atom. The average Bonchev–Trinajstić information content (AvgIpc) is 2.44. The second kappa shape index (κ2) is 8.36. The molecule has 0 aromatic carbocycles. The highest BCUT2D eigenvalue weighted by molar-refractivity contribution is 4.99. The Labute approximate surface area is 129 Å². The lowest BCUT2D eigenvalue weighted by molar-refractivity contribution is -0.570. The molecule has 0 radical (unpaired) electrons. The third-order valence-corrected chi connectivity index (χ3v) is 4.93. The molecule has 0 N–H and O–H groups in total. The van der Waals surface area contributed by atoms with Crippen molar-refractivity contribution < 1.29 is 4.92 Å². The van der Waals surface area contributed by atoms with E-state index in [1.54, 1.807) is 6.92 Å². The largest absolute Gasteiger partial charge is 0.264 e. The summed E-state index contributed by atoms with van der Waals surface area (Å²) in [6.45, 7) is 3.63. The van der Waals surface area contributed by atoms with E-state index >= 15 is 0 Å². The minimum Gasteiger partial charge on any atom is -0.264 e. The lowest BCUT2D eigenvalue weighted by Crippen LogP contribution is -2.40. The van der Waals surface area contributed by atoms with E-state index in [1.807, 2.05) is 6.92 Å². The zero-order valence-corrected chi connectivity index (χ0v) is 13.7. The molecule has 0 aromatic rings. The summed E-state index contributed by atoms with van der Waals surface area (Å²) < 4.78 is 0. The van der Waals surface area contributed by atoms with Gasteiger partial charge in [-0.05, 0) is 19.8 Å². The van der Waals surface area contributed by atoms with Crippen LogP contribution in [0.5, 0.6) is 0 Å². The fourth-order valence-electron chi connectivity index (χ4n) is 3.53. The Bertz CT molecular complexity index is 377. The van der Waals surface area contributed by atoms with Crippen molar-refractivity contribution in [2.24, 2.45) is 5.41 Å². The number of hydrogen-bond acceptors (Lipinski definition) is 3. The lowest BCUT2D eigenvalue weighted by Gasteiger charge is -2.30. The molecule has 0 aromatic heterocycles. The molecule has 1 aliphatic carbocycles. The fourth-order valence-corrected chi connectivity index (χ4v) is 3.53. The summed E-state index contributed by atoms with van der Waals surface area (Å²) in [6.07, 6.45) is 12.1. The molecule has 1 rings (SSSR count). The summed E-state index contributed by atoms with van der Waals surface area (Å²) in [5, 5.41) is 21.0. The Morgan fingerprint density at radius 3 is 1.76 bits per heavy atom. The molecule has 0 aliphatic heterocycles. The van der Waals surface area contributed by atoms with Gasteiger partial charge < -0.3 is 0 Å². The van der Waals surface area contributed by atoms with E-state index in [0.29, 0.717) is 12.8 Å². The standard InChI is InChI=1S/C17H30N2O2/c1-16(15-18)12-10-8-6-4-3-5-7-9-11-13-17(2,14-16)19(20)21/h3-14H2,1-2H3. The van der Waals surface area contributed by atoms with Crippen LogP contribution in [0.3, 0.4) is 0 Å². The van der Waals surface area contributed by atoms with Crippen LogP contribution in [0.15, 0.2) is 0 Å². The summed E-state index contributed by atoms with van der Waals surface area (Å²) in [6, 6.07) is 2.37. The zero-order valence-electron chi connectivity index (χ0n) is 13.7. The Morgan fingerprint density at radius 1 is 0.905 bits per heavy atom. The molecular weight excluding hydrogens is 264 g/mol. The first-order valence-corrected chi connectivity index (χ1v) is 8.48. The van der Waals surface area contributed by atoms with Gasteiger partial charge in [-0.1, -0.05) is 51.4 Å². The van der Waals surface area contributed by atoms with Crippen molar-refractivity contribution in [1.29, 1.82) is 5.26 Å². The minimum absolute atomic E-state index is 0.144. The first kappa shape index (κ1) is 17.9. The van der Waals surface area contributed by atoms with Crippen LogP contribution < -0.4 is 0 Å². The smallest absolute Gasteiger partial charge is 0.221 e. The van der Waals surface area contributed by atoms with Crippen molar-refractivity contribution in [1.82, 2.24) is 0 Å². The predicted molar refractivity (Wildman–Crippen MR) is 84.5 cm³/mol. The molecule has 120 valence electrons. The van der Waals surface area contributed by atoms with Crippen LogP contribution in [0, 0.1) is 26.9 Å². The summed E-state index contributed by atoms with van der Waals surface area (Å²) in [4.78, 5) is 11.4. The SMILES string of the molecule is CC1(C#N)CCCCCCCCCCCC(C)([N+](=O)[O-])C1. The van der Waals surface area contributed by atoms with Gasteiger partial charge in [-0.25, -0.2) is 0 Å². The van der Waals surface area contributed by atoms with Gasteiger partial charge in [0.05, 0.1) is 11.5 Å². The van der Waals surface area contributed by atoms with Crippen LogP contribution in [-0.4, -0.2) is 10.5 Å². The number of nitro groups is 1. The van der Waals surface area contributed by atoms with Crippen molar-refractivity contribution in [2.75, 3.05) is 0 Å². The molecule has 0 saturated heterocycles. The highest BCUT2D eigenvalue weighted by atomic mass is 16.6. The summed E-state index contributed by atoms with van der Waals surface area (Å²) in [7, 11) is 0. The molecule has 1 aliphatic rings. The average molecular weight is 294 g/mol. The van der Waals surface area contributed by atoms with E-state index in [2.05, 4.69) is 6.07 Å². The Balaban J connectivity index is 2.77. The van der Waals surface area contributed by atoms with Gasteiger partial charge in [-0.2, -0.15) is 5.26 Å². The zero-order chi connectivity index (χ0) is 15.8. The minimum atomic E-state index is -0.950. The number of nitriles is 1. The number of nitrogens with zero attached hydrogens (tertiary/aromatic N) is 2. The van der Waals surface area contributed by atoms with Gasteiger partial charge in [0.2, 0.25) is 5.54 Å². The second-order valence-electron chi connectivity index (χ2n) is 7.29. The van der Waals surface area contributed by atoms with Gasteiger partial charge in [-0.15, -0.1) is 0 Å². The summed E-state index contributed by atoms with van der Waals surface area (Å²) in [5.74, 6) is 0. The first-order chi connectivity index (χ1) is 9.92. The third-order valence-electron chi connectivity index (χ3n) is 4.93. The van der Waals surface area contributed by atoms with Crippen LogP contribution in [-0.2, 0) is 0 Å². The highest BCUT2D eigenvalue weighted by Gasteiger charge is 2.43. The molecule has 0 bridgehead atoms. The van der Waals surface area contributed by atoms with Crippen LogP contribution in [0.1, 0.15) is 90.9 Å². The quantitative estimate of drug-likeness (QED) is 0.490. The predicted octanol–water partition coefficient (Wildman–Crippen LogP) is 5.25. The van der Waals surface area contributed by atoms with Crippen molar-refractivity contribution in [3.63, 3.8) is 0 Å². The van der Waals surface area contributed by atoms with Crippen LogP contribution >= 0.6 is 0 Å². The van der Waals surface area contributed by atoms with Crippen LogP contribution in [0.4, 0.5) is 0 Å². The highest BCUT2D eigenvalue weighted by Crippen LogP contribution is 2.37. The second-order valence-corrected chi connectivity index (χ2v) is 7.29. The van der Waals surface area contributed by atoms with Crippen LogP contribution in [0.25, 0.3) is 0 Å². The van der Waals surface area contributed by atoms with Gasteiger partial charge in [-0.3, -0.25) is 10.1 Å². The first-order valence-electron chi connectivity index (χ1n) is 8.48. The van der Waals surface area contributed by atoms with Crippen molar-refractivity contribution in [3.8, 4) is 6.07 Å². The van der Waals surface area contributed by atoms with Gasteiger partial charge in [0.15, 0.2) is 0 Å². The maximum absolute atomic E-state index is 11.5. The van der Waals surface area contributed by atoms with E-state index in [9.17, 15) is 15.4 Å². The van der Waals surface area contributed by atoms with E-state index in [-0.39, 0.29) is 4.92 Å². The van der Waals surface area contributed by atoms with Crippen LogP contribution in [0.2, 0.25) is 0 Å². The molecule has 4 heteroatoms. The van der Waals surface area contributed by atoms with E-state index in [4.69, 9.17) is 0 Å². The molecule has 1 fully saturated rings. The Kier molecular flexibility index (Phi) is 7.14. The molecule has 21 heavy (non-hydrogen) atoms. The normalized spacial score (nSPS) is 33.6. The molecule has 0 heterocycles. The number of rotatable bonds is 1. The number of hydrogen-bond donors (Lipinski definition) is 0. The summed E-state index contributed by atoms with van der Waals surface area (Å²) in [5.41, 5.74) is -1.51. The molecule has 0 amide bonds. The topological polar surface area (TPSA) is 66.9 Å². The van der Waals surface area contributed by atoms with Crippen molar-refractivity contribution in [3.05, 3.63) is 10.1 Å². The van der Waals surface area contributed by atoms with Crippen molar-refractivity contribution in [2.45, 2.75) is 96.4 Å². The monoisotopic (exact) mass is 294 g/mol. The molecule has 0 spiro atoms. The lowest BCUT2D eigenvalue weighted by atomic mass is 9.74. The van der Waals surface area contributed by atoms with Gasteiger partial charge in [0.25, 0.3) is 0 Å². The van der Waals surface area contributed by atoms with Crippen molar-refractivity contribution >= 4 is 0 Å². The van der Waals surface area contributed by atoms with E-state index in [0.717, 1.165) is 32.1 Å². The third kappa shape index (κ3) is 6.03. The van der Waals surface area contributed by atoms with E-state index in [1.165, 1.54) is 32.1 Å². The summed E-state index contributed by atoms with van der Waals surface area (Å²) >= 11 is 0. The van der Waals surface area contributed by atoms with Gasteiger partial charge in [0.1, 0.15) is 0 Å².